The molecule has 1 N–H and O–H groups in total. The van der Waals surface area contributed by atoms with Gasteiger partial charge in [0.25, 0.3) is 0 Å². The second kappa shape index (κ2) is 10.6. The van der Waals surface area contributed by atoms with Gasteiger partial charge in [0.05, 0.1) is 18.6 Å². The number of methoxy groups -OCH3 is 1. The molecular weight excluding hydrogens is 450 g/mol. The van der Waals surface area contributed by atoms with Crippen LogP contribution >= 0.6 is 11.8 Å². The summed E-state index contributed by atoms with van der Waals surface area (Å²) in [5.41, 5.74) is 3.66. The molecule has 2 atom stereocenters. The Morgan fingerprint density at radius 3 is 2.74 bits per heavy atom. The molecule has 0 saturated heterocycles. The Labute approximate surface area is 204 Å². The average Bonchev–Trinajstić information content (AvgIpc) is 3.26. The summed E-state index contributed by atoms with van der Waals surface area (Å²) in [6.07, 6.45) is 1.02. The van der Waals surface area contributed by atoms with Crippen molar-refractivity contribution in [2.75, 3.05) is 25.2 Å². The predicted molar refractivity (Wildman–Crippen MR) is 133 cm³/mol. The van der Waals surface area contributed by atoms with Crippen LogP contribution in [0.15, 0.2) is 63.4 Å². The maximum atomic E-state index is 13.6. The van der Waals surface area contributed by atoms with E-state index in [2.05, 4.69) is 12.2 Å². The Morgan fingerprint density at radius 1 is 1.21 bits per heavy atom. The maximum absolute atomic E-state index is 13.6. The number of thioether (sulfide) groups is 1. The van der Waals surface area contributed by atoms with Crippen LogP contribution in [0.3, 0.4) is 0 Å². The van der Waals surface area contributed by atoms with Crippen LogP contribution in [-0.4, -0.2) is 37.0 Å². The number of dihydropyridines is 1. The summed E-state index contributed by atoms with van der Waals surface area (Å²) in [5.74, 6) is 2.86. The van der Waals surface area contributed by atoms with Gasteiger partial charge in [-0.25, -0.2) is 4.79 Å². The van der Waals surface area contributed by atoms with Gasteiger partial charge in [-0.2, -0.15) is 11.8 Å². The van der Waals surface area contributed by atoms with Crippen LogP contribution in [0.4, 0.5) is 0 Å². The van der Waals surface area contributed by atoms with Gasteiger partial charge in [-0.15, -0.1) is 0 Å². The molecule has 2 heterocycles. The van der Waals surface area contributed by atoms with Crippen molar-refractivity contribution in [1.29, 1.82) is 0 Å². The Balaban J connectivity index is 1.68. The monoisotopic (exact) mass is 481 g/mol. The summed E-state index contributed by atoms with van der Waals surface area (Å²) < 4.78 is 16.9. The number of ether oxygens (including phenoxy) is 2. The Kier molecular flexibility index (Phi) is 7.51. The van der Waals surface area contributed by atoms with Crippen molar-refractivity contribution in [1.82, 2.24) is 5.32 Å². The quantitative estimate of drug-likeness (QED) is 0.407. The van der Waals surface area contributed by atoms with Crippen LogP contribution in [0.5, 0.6) is 5.75 Å². The number of allylic oxidation sites excluding steroid dienone is 3. The van der Waals surface area contributed by atoms with Crippen LogP contribution in [0.25, 0.3) is 0 Å². The lowest BCUT2D eigenvalue weighted by molar-refractivity contribution is -0.138. The number of nitrogens with one attached hydrogen (secondary N) is 1. The smallest absolute Gasteiger partial charge is 0.336 e. The molecule has 2 aromatic rings. The minimum Gasteiger partial charge on any atom is -0.497 e. The highest BCUT2D eigenvalue weighted by Crippen LogP contribution is 2.46. The Morgan fingerprint density at radius 2 is 2.03 bits per heavy atom. The fraction of sp³-hybridized carbons (Fsp3) is 0.407. The number of hydrogen-bond donors (Lipinski definition) is 1. The zero-order valence-electron chi connectivity index (χ0n) is 20.1. The zero-order valence-corrected chi connectivity index (χ0v) is 20.9. The van der Waals surface area contributed by atoms with Gasteiger partial charge in [-0.1, -0.05) is 19.1 Å². The molecule has 1 aliphatic heterocycles. The molecule has 34 heavy (non-hydrogen) atoms. The van der Waals surface area contributed by atoms with E-state index in [9.17, 15) is 9.59 Å². The third-order valence-corrected chi connectivity index (χ3v) is 7.19. The summed E-state index contributed by atoms with van der Waals surface area (Å²) in [7, 11) is 1.64. The molecule has 7 heteroatoms. The van der Waals surface area contributed by atoms with E-state index in [0.29, 0.717) is 42.1 Å². The highest BCUT2D eigenvalue weighted by atomic mass is 32.2. The molecule has 1 aromatic heterocycles. The van der Waals surface area contributed by atoms with Gasteiger partial charge in [-0.3, -0.25) is 4.79 Å². The number of carbonyl (C=O) groups is 2. The zero-order chi connectivity index (χ0) is 24.2. The third-order valence-electron chi connectivity index (χ3n) is 6.32. The van der Waals surface area contributed by atoms with Crippen LogP contribution in [0.1, 0.15) is 55.6 Å². The van der Waals surface area contributed by atoms with Gasteiger partial charge >= 0.3 is 5.97 Å². The normalized spacial score (nSPS) is 20.2. The first-order chi connectivity index (χ1) is 16.4. The van der Waals surface area contributed by atoms with E-state index in [4.69, 9.17) is 13.9 Å². The number of Topliss-reactive ketones (excluding diaryl/α,β-unsaturated/α-hetero) is 1. The van der Waals surface area contributed by atoms with E-state index in [1.807, 2.05) is 50.2 Å². The van der Waals surface area contributed by atoms with Crippen molar-refractivity contribution in [2.24, 2.45) is 0 Å². The van der Waals surface area contributed by atoms with Crippen molar-refractivity contribution in [3.63, 3.8) is 0 Å². The number of rotatable bonds is 8. The number of hydrogen-bond acceptors (Lipinski definition) is 7. The van der Waals surface area contributed by atoms with E-state index < -0.39 is 11.9 Å². The minimum atomic E-state index is -0.574. The molecule has 0 fully saturated rings. The average molecular weight is 482 g/mol. The summed E-state index contributed by atoms with van der Waals surface area (Å²) in [5, 5.41) is 3.38. The molecule has 180 valence electrons. The molecule has 0 amide bonds. The van der Waals surface area contributed by atoms with Crippen molar-refractivity contribution in [2.45, 2.75) is 45.4 Å². The number of aryl methyl sites for hydroxylation is 1. The molecule has 2 aliphatic rings. The van der Waals surface area contributed by atoms with E-state index in [-0.39, 0.29) is 11.7 Å². The summed E-state index contributed by atoms with van der Waals surface area (Å²) in [6, 6.07) is 11.6. The van der Waals surface area contributed by atoms with Gasteiger partial charge in [-0.05, 0) is 61.8 Å². The first-order valence-corrected chi connectivity index (χ1v) is 12.8. The molecule has 4 rings (SSSR count). The molecule has 0 saturated carbocycles. The Hall–Kier alpha value is -2.93. The van der Waals surface area contributed by atoms with Crippen LogP contribution in [-0.2, 0) is 14.3 Å². The van der Waals surface area contributed by atoms with Crippen molar-refractivity contribution >= 4 is 23.5 Å². The molecule has 6 nitrogen and oxygen atoms in total. The SMILES string of the molecule is CCSCCOC(=O)C1=C(C)NC2=C(C(=O)C[C@H](c3cccc(OC)c3)C2)[C@@H]1c1ccc(C)o1. The van der Waals surface area contributed by atoms with E-state index in [1.54, 1.807) is 18.9 Å². The molecular formula is C27H31NO5S. The fourth-order valence-electron chi connectivity index (χ4n) is 4.75. The van der Waals surface area contributed by atoms with Gasteiger partial charge in [0.2, 0.25) is 0 Å². The number of esters is 1. The molecule has 1 aliphatic carbocycles. The Bertz CT molecular complexity index is 1150. The third kappa shape index (κ3) is 4.94. The lowest BCUT2D eigenvalue weighted by Gasteiger charge is -2.35. The van der Waals surface area contributed by atoms with Crippen LogP contribution < -0.4 is 10.1 Å². The standard InChI is InChI=1S/C27H31NO5S/c1-5-34-12-11-32-27(30)24-17(3)28-21-14-19(18-7-6-8-20(13-18)31-4)15-22(29)25(21)26(24)23-10-9-16(2)33-23/h6-10,13,19,26,28H,5,11-12,14-15H2,1-4H3/t19-,26-/m1/s1. The van der Waals surface area contributed by atoms with Gasteiger partial charge < -0.3 is 19.2 Å². The lowest BCUT2D eigenvalue weighted by atomic mass is 9.73. The number of carbonyl (C=O) groups excluding carboxylic acids is 2. The van der Waals surface area contributed by atoms with E-state index in [0.717, 1.165) is 34.3 Å². The second-order valence-corrected chi connectivity index (χ2v) is 9.97. The maximum Gasteiger partial charge on any atom is 0.336 e. The molecule has 0 radical (unpaired) electrons. The first kappa shape index (κ1) is 24.2. The number of benzene rings is 1. The largest absolute Gasteiger partial charge is 0.497 e. The molecule has 0 unspecified atom stereocenters. The topological polar surface area (TPSA) is 77.8 Å². The highest BCUT2D eigenvalue weighted by Gasteiger charge is 2.42. The van der Waals surface area contributed by atoms with Crippen molar-refractivity contribution < 1.29 is 23.5 Å². The van der Waals surface area contributed by atoms with Crippen molar-refractivity contribution in [3.05, 3.63) is 76.0 Å². The van der Waals surface area contributed by atoms with Crippen LogP contribution in [0, 0.1) is 6.92 Å². The lowest BCUT2D eigenvalue weighted by Crippen LogP contribution is -2.36. The van der Waals surface area contributed by atoms with Crippen LogP contribution in [0.2, 0.25) is 0 Å². The van der Waals surface area contributed by atoms with Gasteiger partial charge in [0.1, 0.15) is 23.9 Å². The van der Waals surface area contributed by atoms with E-state index in [1.165, 1.54) is 0 Å². The highest BCUT2D eigenvalue weighted by molar-refractivity contribution is 7.99. The summed E-state index contributed by atoms with van der Waals surface area (Å²) in [6.45, 7) is 6.12. The molecule has 1 aromatic carbocycles. The summed E-state index contributed by atoms with van der Waals surface area (Å²) >= 11 is 1.72. The number of ketones is 1. The first-order valence-electron chi connectivity index (χ1n) is 11.6. The van der Waals surface area contributed by atoms with Gasteiger partial charge in [0, 0.05) is 29.1 Å². The number of furan rings is 1. The molecule has 0 bridgehead atoms. The minimum absolute atomic E-state index is 0.0139. The van der Waals surface area contributed by atoms with Gasteiger partial charge in [0.15, 0.2) is 5.78 Å². The van der Waals surface area contributed by atoms with Crippen molar-refractivity contribution in [3.8, 4) is 5.75 Å². The second-order valence-electron chi connectivity index (χ2n) is 8.58. The predicted octanol–water partition coefficient (Wildman–Crippen LogP) is 5.25. The molecule has 0 spiro atoms. The summed E-state index contributed by atoms with van der Waals surface area (Å²) in [4.78, 5) is 26.8. The fourth-order valence-corrected chi connectivity index (χ4v) is 5.24. The van der Waals surface area contributed by atoms with E-state index >= 15 is 0 Å².